The molecule has 1 heterocycles. The van der Waals surface area contributed by atoms with E-state index >= 15 is 0 Å². The van der Waals surface area contributed by atoms with E-state index in [2.05, 4.69) is 5.10 Å². The fraction of sp³-hybridized carbons (Fsp3) is 0.556. The van der Waals surface area contributed by atoms with Crippen molar-refractivity contribution in [2.45, 2.75) is 33.2 Å². The minimum absolute atomic E-state index is 0.0474. The number of rotatable bonds is 3. The first-order valence-corrected chi connectivity index (χ1v) is 4.31. The number of hydrogen-bond donors (Lipinski definition) is 1. The molecular formula is C9H15N3O. The van der Waals surface area contributed by atoms with Crippen LogP contribution in [0.2, 0.25) is 0 Å². The first-order chi connectivity index (χ1) is 6.00. The van der Waals surface area contributed by atoms with Gasteiger partial charge in [-0.1, -0.05) is 0 Å². The van der Waals surface area contributed by atoms with Crippen LogP contribution >= 0.6 is 0 Å². The number of amides is 1. The highest BCUT2D eigenvalue weighted by atomic mass is 16.1. The van der Waals surface area contributed by atoms with Gasteiger partial charge in [0.05, 0.1) is 11.7 Å². The Bertz CT molecular complexity index is 317. The summed E-state index contributed by atoms with van der Waals surface area (Å²) in [5.74, 6) is -0.292. The Balaban J connectivity index is 2.81. The van der Waals surface area contributed by atoms with E-state index in [0.29, 0.717) is 6.42 Å². The Kier molecular flexibility index (Phi) is 2.70. The van der Waals surface area contributed by atoms with E-state index in [0.717, 1.165) is 11.4 Å². The lowest BCUT2D eigenvalue weighted by Crippen LogP contribution is -2.18. The van der Waals surface area contributed by atoms with Crippen LogP contribution in [0.15, 0.2) is 6.07 Å². The van der Waals surface area contributed by atoms with Crippen LogP contribution in [-0.2, 0) is 4.79 Å². The van der Waals surface area contributed by atoms with E-state index < -0.39 is 0 Å². The third-order valence-electron chi connectivity index (χ3n) is 1.96. The molecule has 1 rings (SSSR count). The minimum atomic E-state index is -0.292. The van der Waals surface area contributed by atoms with Gasteiger partial charge in [-0.05, 0) is 26.8 Å². The third kappa shape index (κ3) is 2.31. The fourth-order valence-electron chi connectivity index (χ4n) is 1.47. The molecule has 0 aromatic carbocycles. The smallest absolute Gasteiger partial charge is 0.219 e. The second kappa shape index (κ2) is 3.60. The zero-order valence-corrected chi connectivity index (χ0v) is 8.24. The lowest BCUT2D eigenvalue weighted by atomic mass is 10.2. The van der Waals surface area contributed by atoms with Crippen molar-refractivity contribution < 1.29 is 4.79 Å². The van der Waals surface area contributed by atoms with Gasteiger partial charge in [-0.15, -0.1) is 0 Å². The number of hydrogen-bond acceptors (Lipinski definition) is 2. The van der Waals surface area contributed by atoms with Crippen molar-refractivity contribution in [2.24, 2.45) is 5.73 Å². The molecule has 0 aliphatic heterocycles. The molecule has 1 unspecified atom stereocenters. The van der Waals surface area contributed by atoms with Crippen LogP contribution in [0.1, 0.15) is 30.8 Å². The number of nitrogens with two attached hydrogens (primary N) is 1. The molecule has 0 saturated carbocycles. The average Bonchev–Trinajstić information content (AvgIpc) is 2.28. The monoisotopic (exact) mass is 181 g/mol. The van der Waals surface area contributed by atoms with Crippen LogP contribution in [0, 0.1) is 13.8 Å². The highest BCUT2D eigenvalue weighted by Gasteiger charge is 2.11. The maximum atomic E-state index is 10.7. The summed E-state index contributed by atoms with van der Waals surface area (Å²) in [5.41, 5.74) is 7.14. The molecule has 1 amide bonds. The number of nitrogens with zero attached hydrogens (tertiary/aromatic N) is 2. The summed E-state index contributed by atoms with van der Waals surface area (Å²) in [6, 6.07) is 2.03. The van der Waals surface area contributed by atoms with E-state index in [-0.39, 0.29) is 11.9 Å². The highest BCUT2D eigenvalue weighted by Crippen LogP contribution is 2.13. The van der Waals surface area contributed by atoms with Crippen LogP contribution < -0.4 is 5.73 Å². The summed E-state index contributed by atoms with van der Waals surface area (Å²) >= 11 is 0. The zero-order chi connectivity index (χ0) is 10.0. The summed E-state index contributed by atoms with van der Waals surface area (Å²) in [6.45, 7) is 5.84. The van der Waals surface area contributed by atoms with Gasteiger partial charge in [0.25, 0.3) is 0 Å². The van der Waals surface area contributed by atoms with Crippen LogP contribution in [0.4, 0.5) is 0 Å². The van der Waals surface area contributed by atoms with Crippen molar-refractivity contribution >= 4 is 5.91 Å². The first kappa shape index (κ1) is 9.77. The molecule has 1 aromatic rings. The Morgan fingerprint density at radius 2 is 2.31 bits per heavy atom. The van der Waals surface area contributed by atoms with Gasteiger partial charge >= 0.3 is 0 Å². The molecule has 0 radical (unpaired) electrons. The lowest BCUT2D eigenvalue weighted by Gasteiger charge is -2.11. The summed E-state index contributed by atoms with van der Waals surface area (Å²) in [4.78, 5) is 10.7. The quantitative estimate of drug-likeness (QED) is 0.754. The fourth-order valence-corrected chi connectivity index (χ4v) is 1.47. The maximum Gasteiger partial charge on any atom is 0.219 e. The normalized spacial score (nSPS) is 12.8. The molecule has 1 aromatic heterocycles. The van der Waals surface area contributed by atoms with Crippen LogP contribution in [-0.4, -0.2) is 15.7 Å². The second-order valence-electron chi connectivity index (χ2n) is 3.39. The van der Waals surface area contributed by atoms with Crippen molar-refractivity contribution in [1.29, 1.82) is 0 Å². The number of carbonyl (C=O) groups excluding carboxylic acids is 1. The maximum absolute atomic E-state index is 10.7. The van der Waals surface area contributed by atoms with Gasteiger partial charge in [0, 0.05) is 12.1 Å². The topological polar surface area (TPSA) is 60.9 Å². The predicted molar refractivity (Wildman–Crippen MR) is 50.2 cm³/mol. The predicted octanol–water partition coefficient (Wildman–Crippen LogP) is 0.936. The zero-order valence-electron chi connectivity index (χ0n) is 8.24. The van der Waals surface area contributed by atoms with Gasteiger partial charge in [0.15, 0.2) is 0 Å². The minimum Gasteiger partial charge on any atom is -0.370 e. The molecule has 4 nitrogen and oxygen atoms in total. The van der Waals surface area contributed by atoms with Gasteiger partial charge < -0.3 is 5.73 Å². The molecule has 0 spiro atoms. The lowest BCUT2D eigenvalue weighted by molar-refractivity contribution is -0.118. The number of aryl methyl sites for hydroxylation is 2. The molecule has 4 heteroatoms. The molecular weight excluding hydrogens is 166 g/mol. The Hall–Kier alpha value is -1.32. The van der Waals surface area contributed by atoms with Crippen LogP contribution in [0.5, 0.6) is 0 Å². The van der Waals surface area contributed by atoms with Crippen molar-refractivity contribution in [3.05, 3.63) is 17.5 Å². The molecule has 0 aliphatic rings. The van der Waals surface area contributed by atoms with E-state index in [1.807, 2.05) is 31.5 Å². The molecule has 0 aliphatic carbocycles. The van der Waals surface area contributed by atoms with Crippen LogP contribution in [0.3, 0.4) is 0 Å². The average molecular weight is 181 g/mol. The Labute approximate surface area is 77.7 Å². The Morgan fingerprint density at radius 1 is 1.69 bits per heavy atom. The van der Waals surface area contributed by atoms with Gasteiger partial charge in [0.2, 0.25) is 5.91 Å². The van der Waals surface area contributed by atoms with Crippen molar-refractivity contribution in [2.75, 3.05) is 0 Å². The van der Waals surface area contributed by atoms with Crippen molar-refractivity contribution in [3.63, 3.8) is 0 Å². The van der Waals surface area contributed by atoms with E-state index in [1.165, 1.54) is 0 Å². The SMILES string of the molecule is Cc1cc(C)n(C(C)CC(N)=O)n1. The molecule has 0 saturated heterocycles. The first-order valence-electron chi connectivity index (χ1n) is 4.31. The molecule has 1 atom stereocenters. The van der Waals surface area contributed by atoms with Gasteiger partial charge in [-0.2, -0.15) is 5.10 Å². The summed E-state index contributed by atoms with van der Waals surface area (Å²) in [5, 5.41) is 4.27. The summed E-state index contributed by atoms with van der Waals surface area (Å²) < 4.78 is 1.83. The molecule has 0 fully saturated rings. The molecule has 2 N–H and O–H groups in total. The van der Waals surface area contributed by atoms with Crippen LogP contribution in [0.25, 0.3) is 0 Å². The molecule has 72 valence electrons. The Morgan fingerprint density at radius 3 is 2.69 bits per heavy atom. The number of aromatic nitrogens is 2. The van der Waals surface area contributed by atoms with E-state index in [1.54, 1.807) is 0 Å². The highest BCUT2D eigenvalue weighted by molar-refractivity contribution is 5.74. The van der Waals surface area contributed by atoms with Gasteiger partial charge in [-0.3, -0.25) is 9.48 Å². The van der Waals surface area contributed by atoms with E-state index in [4.69, 9.17) is 5.73 Å². The third-order valence-corrected chi connectivity index (χ3v) is 1.96. The summed E-state index contributed by atoms with van der Waals surface area (Å²) in [7, 11) is 0. The summed E-state index contributed by atoms with van der Waals surface area (Å²) in [6.07, 6.45) is 0.335. The molecule has 13 heavy (non-hydrogen) atoms. The standard InChI is InChI=1S/C9H15N3O/c1-6-4-7(2)12(11-6)8(3)5-9(10)13/h4,8H,5H2,1-3H3,(H2,10,13). The molecule has 0 bridgehead atoms. The van der Waals surface area contributed by atoms with Gasteiger partial charge in [-0.25, -0.2) is 0 Å². The second-order valence-corrected chi connectivity index (χ2v) is 3.39. The van der Waals surface area contributed by atoms with E-state index in [9.17, 15) is 4.79 Å². The van der Waals surface area contributed by atoms with Gasteiger partial charge in [0.1, 0.15) is 0 Å². The van der Waals surface area contributed by atoms with Crippen molar-refractivity contribution in [1.82, 2.24) is 9.78 Å². The number of carbonyl (C=O) groups is 1. The largest absolute Gasteiger partial charge is 0.370 e. The number of primary amides is 1. The van der Waals surface area contributed by atoms with Crippen molar-refractivity contribution in [3.8, 4) is 0 Å².